The van der Waals surface area contributed by atoms with Crippen LogP contribution in [-0.4, -0.2) is 72.7 Å². The predicted octanol–water partition coefficient (Wildman–Crippen LogP) is 4.26. The average molecular weight is 528 g/mol. The van der Waals surface area contributed by atoms with E-state index < -0.39 is 25.1 Å². The van der Waals surface area contributed by atoms with Gasteiger partial charge in [-0.3, -0.25) is 4.55 Å². The van der Waals surface area contributed by atoms with Crippen LogP contribution < -0.4 is 5.32 Å². The summed E-state index contributed by atoms with van der Waals surface area (Å²) in [5.74, 6) is -0.249. The Morgan fingerprint density at radius 2 is 2.06 bits per heavy atom. The molecule has 2 heterocycles. The quantitative estimate of drug-likeness (QED) is 0.185. The average Bonchev–Trinajstić information content (AvgIpc) is 3.37. The van der Waals surface area contributed by atoms with Crippen LogP contribution in [0.25, 0.3) is 11.1 Å². The van der Waals surface area contributed by atoms with Crippen LogP contribution in [0.2, 0.25) is 25.7 Å². The number of aryl methyl sites for hydroxylation is 2. The van der Waals surface area contributed by atoms with E-state index in [0.29, 0.717) is 18.1 Å². The van der Waals surface area contributed by atoms with E-state index in [1.54, 1.807) is 6.07 Å². The van der Waals surface area contributed by atoms with Gasteiger partial charge in [0.2, 0.25) is 23.0 Å². The summed E-state index contributed by atoms with van der Waals surface area (Å²) in [4.78, 5) is 7.96. The Balaban J connectivity index is 0.00000342. The van der Waals surface area contributed by atoms with Crippen molar-refractivity contribution < 1.29 is 17.9 Å². The number of aromatic nitrogens is 4. The van der Waals surface area contributed by atoms with Gasteiger partial charge in [-0.2, -0.15) is 9.37 Å². The van der Waals surface area contributed by atoms with Gasteiger partial charge in [0.1, 0.15) is 6.73 Å². The Labute approximate surface area is 230 Å². The second kappa shape index (κ2) is 11.7. The van der Waals surface area contributed by atoms with Crippen LogP contribution in [0.5, 0.6) is 0 Å². The summed E-state index contributed by atoms with van der Waals surface area (Å²) in [5.41, 5.74) is 5.73. The van der Waals surface area contributed by atoms with Gasteiger partial charge >= 0.3 is 29.6 Å². The number of nitrogens with zero attached hydrogens (tertiary/aromatic N) is 4. The van der Waals surface area contributed by atoms with Crippen molar-refractivity contribution in [2.45, 2.75) is 63.8 Å². The second-order valence-corrected chi connectivity index (χ2v) is 16.2. The van der Waals surface area contributed by atoms with Crippen molar-refractivity contribution >= 4 is 60.3 Å². The zero-order chi connectivity index (χ0) is 24.5. The molecule has 8 nitrogen and oxygen atoms in total. The van der Waals surface area contributed by atoms with Crippen molar-refractivity contribution in [2.75, 3.05) is 11.9 Å². The number of pyridine rings is 1. The summed E-state index contributed by atoms with van der Waals surface area (Å²) in [5, 5.41) is 7.35. The number of rotatable bonds is 9. The first-order valence-corrected chi connectivity index (χ1v) is 16.1. The standard InChI is InChI=1S/C23H30FN5O3SSi.Na.H/c1-15-12-16-6-5-7-18(16)21(20(15)17-8-9-25-19(24)13-17)26-22-27-23(33(30)31)28-29(22)14-32-10-11-34(2,3)4;;/h8-9,12-13H,5-7,10-11,14H2,1-4H3,(H,30,31)(H,26,27,28);;. The second-order valence-electron chi connectivity index (χ2n) is 9.74. The van der Waals surface area contributed by atoms with Gasteiger partial charge in [-0.25, -0.2) is 13.9 Å². The molecule has 3 aromatic rings. The van der Waals surface area contributed by atoms with Crippen LogP contribution in [0, 0.1) is 12.9 Å². The number of hydrogen-bond acceptors (Lipinski definition) is 6. The van der Waals surface area contributed by atoms with E-state index in [2.05, 4.69) is 46.1 Å². The fourth-order valence-electron chi connectivity index (χ4n) is 4.18. The molecular formula is C23H31FN5NaO3SSi. The molecule has 12 heteroatoms. The molecule has 0 amide bonds. The molecular weight excluding hydrogens is 496 g/mol. The van der Waals surface area contributed by atoms with E-state index in [1.807, 2.05) is 6.92 Å². The van der Waals surface area contributed by atoms with Crippen molar-refractivity contribution in [1.29, 1.82) is 0 Å². The molecule has 1 aliphatic rings. The molecule has 184 valence electrons. The van der Waals surface area contributed by atoms with Gasteiger partial charge in [0.25, 0.3) is 5.16 Å². The Kier molecular flexibility index (Phi) is 9.41. The number of anilines is 2. The number of benzene rings is 1. The van der Waals surface area contributed by atoms with E-state index in [9.17, 15) is 13.2 Å². The van der Waals surface area contributed by atoms with Crippen LogP contribution in [0.1, 0.15) is 23.1 Å². The van der Waals surface area contributed by atoms with Crippen LogP contribution >= 0.6 is 0 Å². The summed E-state index contributed by atoms with van der Waals surface area (Å²) in [6.45, 7) is 9.49. The van der Waals surface area contributed by atoms with Gasteiger partial charge in [0, 0.05) is 32.5 Å². The Morgan fingerprint density at radius 1 is 1.29 bits per heavy atom. The Bertz CT molecular complexity index is 1230. The van der Waals surface area contributed by atoms with Crippen molar-refractivity contribution in [3.8, 4) is 11.1 Å². The van der Waals surface area contributed by atoms with Crippen molar-refractivity contribution in [1.82, 2.24) is 19.7 Å². The zero-order valence-corrected chi connectivity index (χ0v) is 21.7. The van der Waals surface area contributed by atoms with Gasteiger partial charge in [-0.05, 0) is 60.6 Å². The van der Waals surface area contributed by atoms with Gasteiger partial charge in [0.15, 0.2) is 0 Å². The van der Waals surface area contributed by atoms with Gasteiger partial charge in [-0.15, -0.1) is 5.10 Å². The Hall–Kier alpha value is -1.47. The summed E-state index contributed by atoms with van der Waals surface area (Å²) in [7, 11) is -1.26. The molecule has 0 radical (unpaired) electrons. The van der Waals surface area contributed by atoms with Crippen LogP contribution in [0.15, 0.2) is 29.6 Å². The maximum absolute atomic E-state index is 14.0. The van der Waals surface area contributed by atoms with Gasteiger partial charge < -0.3 is 10.1 Å². The molecule has 1 unspecified atom stereocenters. The molecule has 0 bridgehead atoms. The van der Waals surface area contributed by atoms with Gasteiger partial charge in [0.05, 0.1) is 5.69 Å². The molecule has 0 saturated heterocycles. The molecule has 0 saturated carbocycles. The minimum absolute atomic E-state index is 0. The van der Waals surface area contributed by atoms with Crippen molar-refractivity contribution in [3.63, 3.8) is 0 Å². The number of halogens is 1. The fraction of sp³-hybridized carbons (Fsp3) is 0.435. The fourth-order valence-corrected chi connectivity index (χ4v) is 5.27. The molecule has 1 atom stereocenters. The van der Waals surface area contributed by atoms with E-state index in [4.69, 9.17) is 4.74 Å². The first-order valence-electron chi connectivity index (χ1n) is 11.3. The summed E-state index contributed by atoms with van der Waals surface area (Å²) in [6.07, 6.45) is 4.31. The topological polar surface area (TPSA) is 102 Å². The third-order valence-corrected chi connectivity index (χ3v) is 8.06. The minimum atomic E-state index is -2.34. The summed E-state index contributed by atoms with van der Waals surface area (Å²) >= 11 is -2.34. The molecule has 35 heavy (non-hydrogen) atoms. The monoisotopic (exact) mass is 527 g/mol. The van der Waals surface area contributed by atoms with E-state index in [1.165, 1.54) is 22.5 Å². The normalized spacial score (nSPS) is 13.9. The van der Waals surface area contributed by atoms with Gasteiger partial charge in [-0.1, -0.05) is 25.7 Å². The number of fused-ring (bicyclic) bond motifs is 1. The molecule has 0 spiro atoms. The molecule has 0 aliphatic heterocycles. The third kappa shape index (κ3) is 6.85. The van der Waals surface area contributed by atoms with E-state index in [0.717, 1.165) is 47.7 Å². The predicted molar refractivity (Wildman–Crippen MR) is 140 cm³/mol. The number of nitrogens with one attached hydrogen (secondary N) is 1. The number of hydrogen-bond donors (Lipinski definition) is 2. The molecule has 0 fully saturated rings. The molecule has 1 aromatic carbocycles. The zero-order valence-electron chi connectivity index (χ0n) is 19.9. The van der Waals surface area contributed by atoms with Crippen molar-refractivity contribution in [2.24, 2.45) is 0 Å². The van der Waals surface area contributed by atoms with Crippen LogP contribution in [0.4, 0.5) is 16.0 Å². The molecule has 2 aromatic heterocycles. The summed E-state index contributed by atoms with van der Waals surface area (Å²) in [6, 6.07) is 6.33. The maximum atomic E-state index is 14.0. The van der Waals surface area contributed by atoms with E-state index in [-0.39, 0.29) is 41.4 Å². The number of ether oxygens (including phenoxy) is 1. The summed E-state index contributed by atoms with van der Waals surface area (Å²) < 4.78 is 42.6. The first-order chi connectivity index (χ1) is 16.1. The van der Waals surface area contributed by atoms with Crippen molar-refractivity contribution in [3.05, 3.63) is 47.0 Å². The first kappa shape index (κ1) is 28.1. The third-order valence-electron chi connectivity index (χ3n) is 5.87. The van der Waals surface area contributed by atoms with Crippen LogP contribution in [-0.2, 0) is 35.4 Å². The SMILES string of the molecule is Cc1cc2c(c(Nc3nc(S(=O)O)nn3COCC[Si](C)(C)C)c1-c1ccnc(F)c1)CCC2.[NaH]. The Morgan fingerprint density at radius 3 is 2.74 bits per heavy atom. The molecule has 4 rings (SSSR count). The van der Waals surface area contributed by atoms with Crippen LogP contribution in [0.3, 0.4) is 0 Å². The van der Waals surface area contributed by atoms with E-state index >= 15 is 0 Å². The molecule has 1 aliphatic carbocycles. The molecule has 2 N–H and O–H groups in total.